The first-order valence-electron chi connectivity index (χ1n) is 9.82. The molecule has 1 fully saturated rings. The third kappa shape index (κ3) is 4.49. The zero-order chi connectivity index (χ0) is 22.4. The van der Waals surface area contributed by atoms with Gasteiger partial charge in [0.05, 0.1) is 11.1 Å². The van der Waals surface area contributed by atoms with Crippen molar-refractivity contribution in [3.63, 3.8) is 0 Å². The number of benzene rings is 2. The number of fused-ring (bicyclic) bond motifs is 1. The minimum Gasteiger partial charge on any atom is -0.347 e. The van der Waals surface area contributed by atoms with Crippen LogP contribution in [0.1, 0.15) is 30.9 Å². The number of nitrogens with zero attached hydrogens (tertiary/aromatic N) is 1. The topological polar surface area (TPSA) is 4.93 Å². The van der Waals surface area contributed by atoms with E-state index in [2.05, 4.69) is 0 Å². The van der Waals surface area contributed by atoms with Gasteiger partial charge < -0.3 is 4.57 Å². The van der Waals surface area contributed by atoms with Gasteiger partial charge in [-0.2, -0.15) is 26.3 Å². The molecule has 4 rings (SSSR count). The van der Waals surface area contributed by atoms with Crippen LogP contribution in [0, 0.1) is 0 Å². The molecule has 3 aromatic rings. The van der Waals surface area contributed by atoms with Crippen LogP contribution in [0.15, 0.2) is 54.1 Å². The first-order chi connectivity index (χ1) is 14.6. The number of hydrogen-bond acceptors (Lipinski definition) is 1. The predicted octanol–water partition coefficient (Wildman–Crippen LogP) is 8.15. The van der Waals surface area contributed by atoms with Gasteiger partial charge in [-0.15, -0.1) is 11.8 Å². The highest BCUT2D eigenvalue weighted by Gasteiger charge is 2.37. The van der Waals surface area contributed by atoms with Crippen LogP contribution in [0.25, 0.3) is 27.6 Å². The van der Waals surface area contributed by atoms with E-state index in [-0.39, 0.29) is 16.4 Å². The Balaban J connectivity index is 1.87. The van der Waals surface area contributed by atoms with E-state index in [1.165, 1.54) is 59.8 Å². The Labute approximate surface area is 179 Å². The molecule has 0 atom stereocenters. The zero-order valence-electron chi connectivity index (χ0n) is 16.5. The number of hydrogen-bond donors (Lipinski definition) is 0. The Morgan fingerprint density at radius 2 is 1.77 bits per heavy atom. The maximum atomic E-state index is 13.8. The van der Waals surface area contributed by atoms with Gasteiger partial charge in [-0.3, -0.25) is 0 Å². The second kappa shape index (κ2) is 7.97. The van der Waals surface area contributed by atoms with Gasteiger partial charge in [-0.1, -0.05) is 30.3 Å². The molecule has 0 amide bonds. The summed E-state index contributed by atoms with van der Waals surface area (Å²) in [6, 6.07) is 9.68. The van der Waals surface area contributed by atoms with Gasteiger partial charge in [-0.25, -0.2) is 0 Å². The van der Waals surface area contributed by atoms with Crippen molar-refractivity contribution in [1.29, 1.82) is 0 Å². The minimum absolute atomic E-state index is 0.00169. The highest BCUT2D eigenvalue weighted by Crippen LogP contribution is 2.44. The molecule has 0 bridgehead atoms. The van der Waals surface area contributed by atoms with Crippen LogP contribution < -0.4 is 0 Å². The molecular weight excluding hydrogens is 436 g/mol. The van der Waals surface area contributed by atoms with Crippen molar-refractivity contribution in [2.45, 2.75) is 43.9 Å². The van der Waals surface area contributed by atoms with E-state index >= 15 is 0 Å². The summed E-state index contributed by atoms with van der Waals surface area (Å²) in [4.78, 5) is 0. The number of alkyl halides is 6. The molecule has 1 aromatic heterocycles. The van der Waals surface area contributed by atoms with Crippen LogP contribution in [-0.4, -0.2) is 16.0 Å². The Bertz CT molecular complexity index is 1140. The zero-order valence-corrected chi connectivity index (χ0v) is 17.3. The van der Waals surface area contributed by atoms with E-state index < -0.39 is 23.5 Å². The SMILES string of the molecule is CCn1cc(/C(=C/SC2CC2)C(F)(F)F)c2ccc(-c3ccccc3C(F)(F)F)cc21. The molecule has 1 saturated carbocycles. The van der Waals surface area contributed by atoms with Gasteiger partial charge in [0.15, 0.2) is 0 Å². The van der Waals surface area contributed by atoms with Crippen molar-refractivity contribution >= 4 is 28.2 Å². The lowest BCUT2D eigenvalue weighted by molar-refractivity contribution is -0.137. The minimum atomic E-state index is -4.53. The van der Waals surface area contributed by atoms with E-state index in [1.54, 1.807) is 11.5 Å². The van der Waals surface area contributed by atoms with Gasteiger partial charge in [0.25, 0.3) is 0 Å². The maximum Gasteiger partial charge on any atom is 0.417 e. The lowest BCUT2D eigenvalue weighted by Crippen LogP contribution is -2.10. The largest absolute Gasteiger partial charge is 0.417 e. The maximum absolute atomic E-state index is 13.8. The molecule has 164 valence electrons. The van der Waals surface area contributed by atoms with E-state index in [4.69, 9.17) is 0 Å². The number of halogens is 6. The van der Waals surface area contributed by atoms with E-state index in [0.717, 1.165) is 18.9 Å². The fraction of sp³-hybridized carbons (Fsp3) is 0.304. The Morgan fingerprint density at radius 1 is 1.06 bits per heavy atom. The molecule has 1 heterocycles. The quantitative estimate of drug-likeness (QED) is 0.352. The molecule has 2 aromatic carbocycles. The average molecular weight is 455 g/mol. The smallest absolute Gasteiger partial charge is 0.347 e. The van der Waals surface area contributed by atoms with Gasteiger partial charge in [0.2, 0.25) is 0 Å². The van der Waals surface area contributed by atoms with Crippen molar-refractivity contribution in [1.82, 2.24) is 4.57 Å². The monoisotopic (exact) mass is 455 g/mol. The predicted molar refractivity (Wildman–Crippen MR) is 113 cm³/mol. The van der Waals surface area contributed by atoms with Crippen LogP contribution in [-0.2, 0) is 12.7 Å². The number of allylic oxidation sites excluding steroid dienone is 1. The fourth-order valence-corrected chi connectivity index (χ4v) is 4.57. The first kappa shape index (κ1) is 21.9. The number of rotatable bonds is 5. The van der Waals surface area contributed by atoms with E-state index in [9.17, 15) is 26.3 Å². The van der Waals surface area contributed by atoms with E-state index in [1.807, 2.05) is 0 Å². The molecule has 1 aliphatic carbocycles. The van der Waals surface area contributed by atoms with Crippen LogP contribution in [0.3, 0.4) is 0 Å². The van der Waals surface area contributed by atoms with Crippen molar-refractivity contribution in [2.24, 2.45) is 0 Å². The molecular formula is C23H19F6NS. The van der Waals surface area contributed by atoms with Crippen molar-refractivity contribution in [3.05, 3.63) is 65.2 Å². The second-order valence-corrected chi connectivity index (χ2v) is 8.64. The third-order valence-corrected chi connectivity index (χ3v) is 6.49. The van der Waals surface area contributed by atoms with Crippen LogP contribution in [0.5, 0.6) is 0 Å². The normalized spacial score (nSPS) is 15.6. The van der Waals surface area contributed by atoms with Crippen molar-refractivity contribution in [3.8, 4) is 11.1 Å². The summed E-state index contributed by atoms with van der Waals surface area (Å²) in [5.41, 5.74) is -0.666. The van der Waals surface area contributed by atoms with Crippen molar-refractivity contribution in [2.75, 3.05) is 0 Å². The standard InChI is InChI=1S/C23H19F6NS/c1-2-30-12-18(20(23(27,28)29)13-31-15-8-9-15)17-10-7-14(11-21(17)30)16-5-3-4-6-19(16)22(24,25)26/h3-7,10-13,15H,2,8-9H2,1H3/b20-13-. The second-order valence-electron chi connectivity index (χ2n) is 7.47. The lowest BCUT2D eigenvalue weighted by atomic mass is 9.97. The van der Waals surface area contributed by atoms with Gasteiger partial charge in [0, 0.05) is 34.5 Å². The Hall–Kier alpha value is -2.35. The van der Waals surface area contributed by atoms with Crippen molar-refractivity contribution < 1.29 is 26.3 Å². The number of aryl methyl sites for hydroxylation is 1. The Morgan fingerprint density at radius 3 is 2.39 bits per heavy atom. The summed E-state index contributed by atoms with van der Waals surface area (Å²) >= 11 is 1.19. The lowest BCUT2D eigenvalue weighted by Gasteiger charge is -2.14. The third-order valence-electron chi connectivity index (χ3n) is 5.26. The Kier molecular flexibility index (Phi) is 5.62. The number of thioether (sulfide) groups is 1. The van der Waals surface area contributed by atoms with Gasteiger partial charge >= 0.3 is 12.4 Å². The molecule has 1 nitrogen and oxygen atoms in total. The van der Waals surface area contributed by atoms with E-state index in [0.29, 0.717) is 23.0 Å². The number of aromatic nitrogens is 1. The highest BCUT2D eigenvalue weighted by molar-refractivity contribution is 8.03. The highest BCUT2D eigenvalue weighted by atomic mass is 32.2. The molecule has 0 unspecified atom stereocenters. The van der Waals surface area contributed by atoms with Gasteiger partial charge in [0.1, 0.15) is 0 Å². The first-order valence-corrected chi connectivity index (χ1v) is 10.8. The van der Waals surface area contributed by atoms with Crippen LogP contribution >= 0.6 is 11.8 Å². The molecule has 8 heteroatoms. The average Bonchev–Trinajstić information content (AvgIpc) is 3.46. The molecule has 0 N–H and O–H groups in total. The van der Waals surface area contributed by atoms with Gasteiger partial charge in [-0.05, 0) is 48.4 Å². The molecule has 0 radical (unpaired) electrons. The summed E-state index contributed by atoms with van der Waals surface area (Å²) in [5.74, 6) is 0. The summed E-state index contributed by atoms with van der Waals surface area (Å²) in [5, 5.41) is 1.77. The van der Waals surface area contributed by atoms with Crippen LogP contribution in [0.2, 0.25) is 0 Å². The fourth-order valence-electron chi connectivity index (χ4n) is 3.57. The molecule has 31 heavy (non-hydrogen) atoms. The molecule has 0 spiro atoms. The summed E-state index contributed by atoms with van der Waals surface area (Å²) in [7, 11) is 0. The van der Waals surface area contributed by atoms with Crippen LogP contribution in [0.4, 0.5) is 26.3 Å². The summed E-state index contributed by atoms with van der Waals surface area (Å²) < 4.78 is 83.5. The molecule has 1 aliphatic rings. The molecule has 0 saturated heterocycles. The summed E-state index contributed by atoms with van der Waals surface area (Å²) in [6.07, 6.45) is -5.81. The summed E-state index contributed by atoms with van der Waals surface area (Å²) in [6.45, 7) is 2.18. The molecule has 0 aliphatic heterocycles.